The number of benzene rings is 2. The Bertz CT molecular complexity index is 1290. The van der Waals surface area contributed by atoms with Crippen LogP contribution in [0.25, 0.3) is 11.1 Å². The van der Waals surface area contributed by atoms with E-state index in [1.165, 1.54) is 31.0 Å². The third-order valence-electron chi connectivity index (χ3n) is 8.12. The highest BCUT2D eigenvalue weighted by molar-refractivity contribution is 7.98. The molecule has 1 fully saturated rings. The molecule has 2 aromatic rings. The van der Waals surface area contributed by atoms with Gasteiger partial charge in [0.15, 0.2) is 0 Å². The van der Waals surface area contributed by atoms with E-state index < -0.39 is 27.9 Å². The summed E-state index contributed by atoms with van der Waals surface area (Å²) < 4.78 is 34.1. The standard InChI is InChI=1S/C33H48N2O6S2/c1-4-41-20-10-22-43(39,40)35(19-17-26-12-6-5-7-13-26)24-27-15-16-29(30(23-27)28-14-9-8-11-25(28)2)32(36)34-31(33(37)38)18-21-42-3/h8-9,11,14-16,23,26,31H,4-7,10,12-13,17-22,24H2,1-3H3,(H,34,36)(H,37,38)/p-1/t31-/m0/s1. The van der Waals surface area contributed by atoms with Crippen molar-refractivity contribution in [3.63, 3.8) is 0 Å². The fourth-order valence-corrected chi connectivity index (χ4v) is 7.59. The van der Waals surface area contributed by atoms with Gasteiger partial charge in [0.05, 0.1) is 17.8 Å². The predicted octanol–water partition coefficient (Wildman–Crippen LogP) is 4.79. The normalized spacial score (nSPS) is 15.0. The van der Waals surface area contributed by atoms with E-state index in [4.69, 9.17) is 4.74 Å². The molecule has 1 N–H and O–H groups in total. The summed E-state index contributed by atoms with van der Waals surface area (Å²) >= 11 is 1.50. The van der Waals surface area contributed by atoms with Gasteiger partial charge in [0, 0.05) is 31.9 Å². The molecule has 0 unspecified atom stereocenters. The van der Waals surface area contributed by atoms with Gasteiger partial charge in [0.1, 0.15) is 0 Å². The number of nitrogens with one attached hydrogen (secondary N) is 1. The van der Waals surface area contributed by atoms with E-state index in [1.54, 1.807) is 16.4 Å². The Morgan fingerprint density at radius 3 is 2.53 bits per heavy atom. The molecule has 0 bridgehead atoms. The Morgan fingerprint density at radius 1 is 1.12 bits per heavy atom. The van der Waals surface area contributed by atoms with Gasteiger partial charge in [-0.3, -0.25) is 4.79 Å². The summed E-state index contributed by atoms with van der Waals surface area (Å²) in [5.74, 6) is -0.703. The van der Waals surface area contributed by atoms with Crippen LogP contribution in [0.4, 0.5) is 0 Å². The van der Waals surface area contributed by atoms with Gasteiger partial charge in [0.2, 0.25) is 10.0 Å². The second kappa shape index (κ2) is 17.8. The molecule has 238 valence electrons. The van der Waals surface area contributed by atoms with Crippen molar-refractivity contribution < 1.29 is 27.9 Å². The van der Waals surface area contributed by atoms with Gasteiger partial charge >= 0.3 is 0 Å². The minimum Gasteiger partial charge on any atom is -0.548 e. The van der Waals surface area contributed by atoms with E-state index in [2.05, 4.69) is 5.32 Å². The quantitative estimate of drug-likeness (QED) is 0.235. The number of carboxylic acid groups (broad SMARTS) is 1. The van der Waals surface area contributed by atoms with Crippen molar-refractivity contribution in [3.05, 3.63) is 59.2 Å². The molecule has 0 heterocycles. The number of thioether (sulfide) groups is 1. The molecule has 0 saturated heterocycles. The Kier molecular flexibility index (Phi) is 14.5. The summed E-state index contributed by atoms with van der Waals surface area (Å²) in [7, 11) is -3.55. The van der Waals surface area contributed by atoms with Crippen LogP contribution in [0.2, 0.25) is 0 Å². The highest BCUT2D eigenvalue weighted by atomic mass is 32.2. The highest BCUT2D eigenvalue weighted by Gasteiger charge is 2.25. The molecule has 3 rings (SSSR count). The summed E-state index contributed by atoms with van der Waals surface area (Å²) in [6.07, 6.45) is 9.32. The minimum absolute atomic E-state index is 0.0173. The van der Waals surface area contributed by atoms with Crippen LogP contribution in [0.3, 0.4) is 0 Å². The highest BCUT2D eigenvalue weighted by Crippen LogP contribution is 2.30. The zero-order valence-corrected chi connectivity index (χ0v) is 27.4. The largest absolute Gasteiger partial charge is 0.548 e. The molecule has 1 saturated carbocycles. The topological polar surface area (TPSA) is 116 Å². The number of rotatable bonds is 18. The number of nitrogens with zero attached hydrogens (tertiary/aromatic N) is 1. The predicted molar refractivity (Wildman–Crippen MR) is 172 cm³/mol. The summed E-state index contributed by atoms with van der Waals surface area (Å²) in [5.41, 5.74) is 3.52. The van der Waals surface area contributed by atoms with Crippen LogP contribution < -0.4 is 10.4 Å². The Balaban J connectivity index is 1.93. The number of aliphatic carboxylic acids is 1. The van der Waals surface area contributed by atoms with Gasteiger partial charge in [-0.25, -0.2) is 8.42 Å². The number of ether oxygens (including phenoxy) is 1. The van der Waals surface area contributed by atoms with Crippen LogP contribution in [-0.4, -0.2) is 68.2 Å². The lowest BCUT2D eigenvalue weighted by atomic mass is 9.87. The van der Waals surface area contributed by atoms with Crippen molar-refractivity contribution >= 4 is 33.7 Å². The lowest BCUT2D eigenvalue weighted by Crippen LogP contribution is -2.48. The van der Waals surface area contributed by atoms with Gasteiger partial charge in [0.25, 0.3) is 5.91 Å². The first-order valence-electron chi connectivity index (χ1n) is 15.4. The van der Waals surface area contributed by atoms with E-state index in [0.717, 1.165) is 36.0 Å². The maximum Gasteiger partial charge on any atom is 0.252 e. The lowest BCUT2D eigenvalue weighted by molar-refractivity contribution is -0.308. The van der Waals surface area contributed by atoms with E-state index >= 15 is 0 Å². The average Bonchev–Trinajstić information content (AvgIpc) is 3.00. The van der Waals surface area contributed by atoms with Crippen LogP contribution >= 0.6 is 11.8 Å². The molecule has 0 aliphatic heterocycles. The van der Waals surface area contributed by atoms with Gasteiger partial charge < -0.3 is 20.0 Å². The fourth-order valence-electron chi connectivity index (χ4n) is 5.65. The van der Waals surface area contributed by atoms with Gasteiger partial charge in [-0.1, -0.05) is 62.4 Å². The number of hydrogen-bond acceptors (Lipinski definition) is 7. The first kappa shape index (κ1) is 35.1. The molecule has 8 nitrogen and oxygen atoms in total. The number of aryl methyl sites for hydroxylation is 1. The van der Waals surface area contributed by atoms with E-state index in [9.17, 15) is 23.1 Å². The fraction of sp³-hybridized carbons (Fsp3) is 0.576. The Hall–Kier alpha value is -2.40. The van der Waals surface area contributed by atoms with E-state index in [1.807, 2.05) is 50.4 Å². The molecule has 1 aliphatic rings. The van der Waals surface area contributed by atoms with E-state index in [-0.39, 0.29) is 18.7 Å². The summed E-state index contributed by atoms with van der Waals surface area (Å²) in [6, 6.07) is 11.9. The van der Waals surface area contributed by atoms with Crippen molar-refractivity contribution in [2.75, 3.05) is 37.5 Å². The third-order valence-corrected chi connectivity index (χ3v) is 10.7. The van der Waals surface area contributed by atoms with Gasteiger partial charge in [-0.05, 0) is 85.4 Å². The second-order valence-electron chi connectivity index (χ2n) is 11.3. The lowest BCUT2D eigenvalue weighted by Gasteiger charge is -2.27. The zero-order chi connectivity index (χ0) is 31.2. The van der Waals surface area contributed by atoms with Crippen LogP contribution in [-0.2, 0) is 26.1 Å². The maximum absolute atomic E-state index is 13.6. The van der Waals surface area contributed by atoms with Crippen molar-refractivity contribution in [1.29, 1.82) is 0 Å². The Labute approximate surface area is 262 Å². The zero-order valence-electron chi connectivity index (χ0n) is 25.8. The molecule has 1 aliphatic carbocycles. The Morgan fingerprint density at radius 2 is 1.86 bits per heavy atom. The number of hydrogen-bond donors (Lipinski definition) is 1. The van der Waals surface area contributed by atoms with Crippen LogP contribution in [0.1, 0.15) is 79.8 Å². The molecule has 43 heavy (non-hydrogen) atoms. The summed E-state index contributed by atoms with van der Waals surface area (Å²) in [5, 5.41) is 14.4. The molecule has 10 heteroatoms. The third kappa shape index (κ3) is 10.9. The SMILES string of the molecule is CCOCCCS(=O)(=O)N(CCC1CCCCC1)Cc1ccc(C(=O)N[C@@H](CCSC)C(=O)[O-])c(-c2ccccc2C)c1. The number of carbonyl (C=O) groups excluding carboxylic acids is 2. The first-order chi connectivity index (χ1) is 20.7. The van der Waals surface area contributed by atoms with Crippen LogP contribution in [0.15, 0.2) is 42.5 Å². The average molecular weight is 632 g/mol. The molecular formula is C33H47N2O6S2-. The van der Waals surface area contributed by atoms with Crippen LogP contribution in [0.5, 0.6) is 0 Å². The summed E-state index contributed by atoms with van der Waals surface area (Å²) in [6.45, 7) is 5.44. The molecule has 1 amide bonds. The van der Waals surface area contributed by atoms with Crippen molar-refractivity contribution in [1.82, 2.24) is 9.62 Å². The number of sulfonamides is 1. The minimum atomic E-state index is -3.55. The molecule has 0 spiro atoms. The molecule has 1 atom stereocenters. The van der Waals surface area contributed by atoms with E-state index in [0.29, 0.717) is 49.0 Å². The summed E-state index contributed by atoms with van der Waals surface area (Å²) in [4.78, 5) is 25.2. The first-order valence-corrected chi connectivity index (χ1v) is 18.4. The molecule has 0 radical (unpaired) electrons. The smallest absolute Gasteiger partial charge is 0.252 e. The molecule has 2 aromatic carbocycles. The number of amides is 1. The van der Waals surface area contributed by atoms with Crippen molar-refractivity contribution in [3.8, 4) is 11.1 Å². The van der Waals surface area contributed by atoms with Crippen molar-refractivity contribution in [2.24, 2.45) is 5.92 Å². The van der Waals surface area contributed by atoms with Gasteiger partial charge in [-0.15, -0.1) is 0 Å². The number of carboxylic acids is 1. The van der Waals surface area contributed by atoms with Gasteiger partial charge in [-0.2, -0.15) is 16.1 Å². The van der Waals surface area contributed by atoms with Crippen molar-refractivity contribution in [2.45, 2.75) is 77.8 Å². The number of carbonyl (C=O) groups is 2. The monoisotopic (exact) mass is 631 g/mol. The maximum atomic E-state index is 13.6. The second-order valence-corrected chi connectivity index (χ2v) is 14.4. The van der Waals surface area contributed by atoms with Crippen LogP contribution in [0, 0.1) is 12.8 Å². The molecular weight excluding hydrogens is 585 g/mol. The molecule has 0 aromatic heterocycles.